The summed E-state index contributed by atoms with van der Waals surface area (Å²) in [6, 6.07) is 15.8. The summed E-state index contributed by atoms with van der Waals surface area (Å²) in [6.07, 6.45) is -6.47. The van der Waals surface area contributed by atoms with Crippen LogP contribution in [0.1, 0.15) is 11.1 Å². The number of alkyl halides is 6. The molecule has 0 bridgehead atoms. The number of anilines is 1. The Balaban J connectivity index is 1.28. The Bertz CT molecular complexity index is 1590. The van der Waals surface area contributed by atoms with E-state index in [4.69, 9.17) is 11.6 Å². The van der Waals surface area contributed by atoms with Gasteiger partial charge in [-0.15, -0.1) is 23.4 Å². The Kier molecular flexibility index (Phi) is 7.95. The Morgan fingerprint density at radius 2 is 1.68 bits per heavy atom. The summed E-state index contributed by atoms with van der Waals surface area (Å²) in [7, 11) is 0. The van der Waals surface area contributed by atoms with E-state index in [-0.39, 0.29) is 16.5 Å². The number of rotatable bonds is 6. The smallest absolute Gasteiger partial charge is 0.406 e. The zero-order valence-electron chi connectivity index (χ0n) is 20.6. The number of ether oxygens (including phenoxy) is 1. The molecule has 0 amide bonds. The van der Waals surface area contributed by atoms with Crippen LogP contribution in [0.25, 0.3) is 17.1 Å². The van der Waals surface area contributed by atoms with Crippen molar-refractivity contribution in [3.8, 4) is 22.8 Å². The van der Waals surface area contributed by atoms with E-state index in [9.17, 15) is 26.3 Å². The van der Waals surface area contributed by atoms with Gasteiger partial charge in [0.2, 0.25) is 0 Å². The standard InChI is InChI=1S/C26H17ClF6N6OS/c27-21-3-1-2-20(25(28,29)30)22(21)38-12-13-41-24(38)36-35-14-16-4-6-17(7-5-16)23-34-15-39(37-23)18-8-10-19(11-9-18)40-26(31,32)33/h1-11,14-15H,12-13H2/b35-14+,36-24-. The fraction of sp³-hybridized carbons (Fsp3) is 0.154. The molecule has 7 nitrogen and oxygen atoms in total. The van der Waals surface area contributed by atoms with Crippen molar-refractivity contribution >= 4 is 40.4 Å². The van der Waals surface area contributed by atoms with Crippen LogP contribution in [0.4, 0.5) is 32.0 Å². The van der Waals surface area contributed by atoms with Crippen LogP contribution in [0.5, 0.6) is 5.75 Å². The largest absolute Gasteiger partial charge is 0.573 e. The minimum Gasteiger partial charge on any atom is -0.406 e. The molecule has 0 aliphatic carbocycles. The van der Waals surface area contributed by atoms with Crippen molar-refractivity contribution in [3.05, 3.63) is 89.2 Å². The number of nitrogens with zero attached hydrogens (tertiary/aromatic N) is 6. The first-order chi connectivity index (χ1) is 19.5. The molecule has 15 heteroatoms. The predicted octanol–water partition coefficient (Wildman–Crippen LogP) is 7.45. The second-order valence-corrected chi connectivity index (χ2v) is 9.91. The zero-order valence-corrected chi connectivity index (χ0v) is 22.1. The number of thioether (sulfide) groups is 1. The first-order valence-corrected chi connectivity index (χ1v) is 13.1. The Morgan fingerprint density at radius 3 is 2.37 bits per heavy atom. The van der Waals surface area contributed by atoms with Gasteiger partial charge in [-0.3, -0.25) is 0 Å². The quantitative estimate of drug-likeness (QED) is 0.129. The number of hydrogen-bond acceptors (Lipinski definition) is 6. The highest BCUT2D eigenvalue weighted by atomic mass is 35.5. The molecule has 3 aromatic carbocycles. The van der Waals surface area contributed by atoms with Crippen molar-refractivity contribution in [1.29, 1.82) is 0 Å². The molecule has 5 rings (SSSR count). The lowest BCUT2D eigenvalue weighted by Gasteiger charge is -2.23. The minimum absolute atomic E-state index is 0.0295. The molecule has 0 N–H and O–H groups in total. The number of hydrogen-bond donors (Lipinski definition) is 0. The van der Waals surface area contributed by atoms with Gasteiger partial charge in [-0.2, -0.15) is 18.3 Å². The SMILES string of the molecule is FC(F)(F)Oc1ccc(-n2cnc(-c3ccc(/C=N/N=C4\SCCN4c4c(Cl)cccc4C(F)(F)F)cc3)n2)cc1. The van der Waals surface area contributed by atoms with Crippen LogP contribution in [0.15, 0.2) is 83.3 Å². The second-order valence-electron chi connectivity index (χ2n) is 8.44. The lowest BCUT2D eigenvalue weighted by atomic mass is 10.1. The summed E-state index contributed by atoms with van der Waals surface area (Å²) in [5, 5.41) is 12.8. The van der Waals surface area contributed by atoms with Crippen LogP contribution >= 0.6 is 23.4 Å². The zero-order chi connectivity index (χ0) is 29.2. The van der Waals surface area contributed by atoms with E-state index in [1.807, 2.05) is 0 Å². The molecule has 0 saturated carbocycles. The average Bonchev–Trinajstić information content (AvgIpc) is 3.58. The predicted molar refractivity (Wildman–Crippen MR) is 145 cm³/mol. The number of benzene rings is 3. The average molecular weight is 611 g/mol. The maximum atomic E-state index is 13.6. The lowest BCUT2D eigenvalue weighted by Crippen LogP contribution is -2.27. The molecular formula is C26H17ClF6N6OS. The van der Waals surface area contributed by atoms with Gasteiger partial charge in [0.05, 0.1) is 28.2 Å². The topological polar surface area (TPSA) is 67.9 Å². The van der Waals surface area contributed by atoms with Gasteiger partial charge in [0.25, 0.3) is 0 Å². The summed E-state index contributed by atoms with van der Waals surface area (Å²) in [6.45, 7) is 0.297. The molecule has 1 aliphatic rings. The second kappa shape index (κ2) is 11.4. The van der Waals surface area contributed by atoms with Crippen molar-refractivity contribution in [2.24, 2.45) is 10.2 Å². The monoisotopic (exact) mass is 610 g/mol. The lowest BCUT2D eigenvalue weighted by molar-refractivity contribution is -0.274. The number of halogens is 7. The number of aromatic nitrogens is 3. The van der Waals surface area contributed by atoms with E-state index < -0.39 is 18.1 Å². The summed E-state index contributed by atoms with van der Waals surface area (Å²) in [5.41, 5.74) is 0.825. The molecule has 1 fully saturated rings. The molecular weight excluding hydrogens is 594 g/mol. The van der Waals surface area contributed by atoms with Crippen LogP contribution in [0.3, 0.4) is 0 Å². The van der Waals surface area contributed by atoms with Crippen molar-refractivity contribution < 1.29 is 31.1 Å². The molecule has 1 aliphatic heterocycles. The highest BCUT2D eigenvalue weighted by molar-refractivity contribution is 8.14. The molecule has 41 heavy (non-hydrogen) atoms. The van der Waals surface area contributed by atoms with Gasteiger partial charge in [0.1, 0.15) is 12.1 Å². The van der Waals surface area contributed by atoms with Crippen LogP contribution < -0.4 is 9.64 Å². The highest BCUT2D eigenvalue weighted by Crippen LogP contribution is 2.42. The Morgan fingerprint density at radius 1 is 0.951 bits per heavy atom. The maximum absolute atomic E-state index is 13.6. The molecule has 212 valence electrons. The van der Waals surface area contributed by atoms with E-state index in [0.717, 1.165) is 6.07 Å². The van der Waals surface area contributed by atoms with Gasteiger partial charge in [0, 0.05) is 17.9 Å². The van der Waals surface area contributed by atoms with Crippen molar-refractivity contribution in [2.45, 2.75) is 12.5 Å². The normalized spacial score (nSPS) is 15.3. The number of amidine groups is 1. The third-order valence-electron chi connectivity index (χ3n) is 5.68. The van der Waals surface area contributed by atoms with Crippen LogP contribution in [-0.4, -0.2) is 44.8 Å². The molecule has 2 heterocycles. The maximum Gasteiger partial charge on any atom is 0.573 e. The van der Waals surface area contributed by atoms with Gasteiger partial charge in [-0.1, -0.05) is 53.7 Å². The Labute approximate surface area is 238 Å². The summed E-state index contributed by atoms with van der Waals surface area (Å²) in [4.78, 5) is 5.66. The van der Waals surface area contributed by atoms with E-state index in [0.29, 0.717) is 40.1 Å². The van der Waals surface area contributed by atoms with Crippen molar-refractivity contribution in [2.75, 3.05) is 17.2 Å². The van der Waals surface area contributed by atoms with Gasteiger partial charge < -0.3 is 9.64 Å². The molecule has 0 radical (unpaired) electrons. The summed E-state index contributed by atoms with van der Waals surface area (Å²) >= 11 is 7.41. The summed E-state index contributed by atoms with van der Waals surface area (Å²) in [5.74, 6) is 0.553. The molecule has 0 atom stereocenters. The molecule has 4 aromatic rings. The van der Waals surface area contributed by atoms with E-state index in [2.05, 4.69) is 25.0 Å². The molecule has 1 aromatic heterocycles. The molecule has 1 saturated heterocycles. The number of para-hydroxylation sites is 1. The first kappa shape index (κ1) is 28.5. The van der Waals surface area contributed by atoms with E-state index in [1.54, 1.807) is 24.3 Å². The van der Waals surface area contributed by atoms with Gasteiger partial charge in [-0.05, 0) is 42.0 Å². The van der Waals surface area contributed by atoms with Gasteiger partial charge in [0.15, 0.2) is 11.0 Å². The van der Waals surface area contributed by atoms with E-state index in [1.165, 1.54) is 70.3 Å². The van der Waals surface area contributed by atoms with Crippen LogP contribution in [-0.2, 0) is 6.18 Å². The highest BCUT2D eigenvalue weighted by Gasteiger charge is 2.38. The van der Waals surface area contributed by atoms with Gasteiger partial charge in [-0.25, -0.2) is 9.67 Å². The summed E-state index contributed by atoms with van der Waals surface area (Å²) < 4.78 is 83.1. The minimum atomic E-state index is -4.78. The third-order valence-corrected chi connectivity index (χ3v) is 6.94. The molecule has 0 unspecified atom stereocenters. The first-order valence-electron chi connectivity index (χ1n) is 11.7. The van der Waals surface area contributed by atoms with Crippen LogP contribution in [0.2, 0.25) is 5.02 Å². The van der Waals surface area contributed by atoms with E-state index >= 15 is 0 Å². The van der Waals surface area contributed by atoms with Crippen molar-refractivity contribution in [1.82, 2.24) is 14.8 Å². The van der Waals surface area contributed by atoms with Crippen LogP contribution in [0, 0.1) is 0 Å². The fourth-order valence-electron chi connectivity index (χ4n) is 3.89. The third kappa shape index (κ3) is 6.82. The Hall–Kier alpha value is -4.04. The van der Waals surface area contributed by atoms with Gasteiger partial charge >= 0.3 is 12.5 Å². The van der Waals surface area contributed by atoms with Crippen molar-refractivity contribution in [3.63, 3.8) is 0 Å². The molecule has 0 spiro atoms. The fourth-order valence-corrected chi connectivity index (χ4v) is 5.07.